The van der Waals surface area contributed by atoms with Crippen molar-refractivity contribution in [1.82, 2.24) is 9.97 Å². The fourth-order valence-electron chi connectivity index (χ4n) is 1.85. The number of hydrogen-bond donors (Lipinski definition) is 1. The largest absolute Gasteiger partial charge is 0.366 e. The maximum Gasteiger partial charge on any atom is 0.251 e. The predicted octanol–water partition coefficient (Wildman–Crippen LogP) is 2.20. The molecular formula is C14H16N2O2. The van der Waals surface area contributed by atoms with Crippen molar-refractivity contribution < 1.29 is 4.74 Å². The van der Waals surface area contributed by atoms with Crippen LogP contribution in [0.15, 0.2) is 41.2 Å². The molecule has 1 unspecified atom stereocenters. The van der Waals surface area contributed by atoms with Crippen molar-refractivity contribution in [2.45, 2.75) is 20.0 Å². The van der Waals surface area contributed by atoms with Crippen LogP contribution < -0.4 is 5.56 Å². The molecule has 4 heteroatoms. The third-order valence-corrected chi connectivity index (χ3v) is 2.57. The van der Waals surface area contributed by atoms with E-state index in [1.165, 1.54) is 6.07 Å². The molecule has 0 amide bonds. The van der Waals surface area contributed by atoms with E-state index in [2.05, 4.69) is 9.97 Å². The molecule has 0 saturated heterocycles. The van der Waals surface area contributed by atoms with Gasteiger partial charge in [0, 0.05) is 18.4 Å². The highest BCUT2D eigenvalue weighted by Crippen LogP contribution is 2.22. The summed E-state index contributed by atoms with van der Waals surface area (Å²) < 4.78 is 5.69. The first-order chi connectivity index (χ1) is 8.70. The van der Waals surface area contributed by atoms with Gasteiger partial charge in [0.2, 0.25) is 0 Å². The Morgan fingerprint density at radius 3 is 2.67 bits per heavy atom. The Balaban J connectivity index is 2.44. The quantitative estimate of drug-likeness (QED) is 0.897. The van der Waals surface area contributed by atoms with Gasteiger partial charge in [-0.15, -0.1) is 0 Å². The molecule has 1 N–H and O–H groups in total. The number of hydrogen-bond acceptors (Lipinski definition) is 3. The minimum Gasteiger partial charge on any atom is -0.366 e. The highest BCUT2D eigenvalue weighted by atomic mass is 16.5. The summed E-state index contributed by atoms with van der Waals surface area (Å²) >= 11 is 0. The van der Waals surface area contributed by atoms with Gasteiger partial charge in [-0.1, -0.05) is 30.3 Å². The molecule has 0 aliphatic rings. The van der Waals surface area contributed by atoms with Crippen LogP contribution in [0.1, 0.15) is 30.1 Å². The van der Waals surface area contributed by atoms with Crippen molar-refractivity contribution in [2.24, 2.45) is 0 Å². The lowest BCUT2D eigenvalue weighted by molar-refractivity contribution is 0.0848. The molecule has 1 atom stereocenters. The van der Waals surface area contributed by atoms with E-state index in [-0.39, 0.29) is 11.7 Å². The van der Waals surface area contributed by atoms with Crippen molar-refractivity contribution in [3.05, 3.63) is 63.8 Å². The highest BCUT2D eigenvalue weighted by molar-refractivity contribution is 5.23. The maximum absolute atomic E-state index is 11.5. The Labute approximate surface area is 106 Å². The van der Waals surface area contributed by atoms with Crippen LogP contribution >= 0.6 is 0 Å². The molecule has 0 radical (unpaired) electrons. The normalized spacial score (nSPS) is 12.3. The molecular weight excluding hydrogens is 228 g/mol. The average molecular weight is 244 g/mol. The predicted molar refractivity (Wildman–Crippen MR) is 69.5 cm³/mol. The number of aromatic amines is 1. The van der Waals surface area contributed by atoms with Crippen molar-refractivity contribution >= 4 is 0 Å². The number of rotatable bonds is 4. The van der Waals surface area contributed by atoms with Gasteiger partial charge >= 0.3 is 0 Å². The monoisotopic (exact) mass is 244 g/mol. The highest BCUT2D eigenvalue weighted by Gasteiger charge is 2.16. The van der Waals surface area contributed by atoms with Crippen LogP contribution in [-0.4, -0.2) is 16.6 Å². The lowest BCUT2D eigenvalue weighted by Crippen LogP contribution is -2.17. The Hall–Kier alpha value is -1.94. The Morgan fingerprint density at radius 1 is 1.33 bits per heavy atom. The second kappa shape index (κ2) is 5.60. The Bertz CT molecular complexity index is 564. The zero-order valence-electron chi connectivity index (χ0n) is 10.5. The molecule has 4 nitrogen and oxygen atoms in total. The van der Waals surface area contributed by atoms with Gasteiger partial charge in [0.15, 0.2) is 0 Å². The van der Waals surface area contributed by atoms with Gasteiger partial charge < -0.3 is 9.72 Å². The molecule has 2 aromatic rings. The number of nitrogens with one attached hydrogen (secondary N) is 1. The van der Waals surface area contributed by atoms with Crippen LogP contribution in [0.25, 0.3) is 0 Å². The van der Waals surface area contributed by atoms with E-state index in [0.717, 1.165) is 5.56 Å². The topological polar surface area (TPSA) is 55.0 Å². The molecule has 0 spiro atoms. The first-order valence-electron chi connectivity index (χ1n) is 5.95. The number of nitrogens with zero attached hydrogens (tertiary/aromatic N) is 1. The van der Waals surface area contributed by atoms with Crippen molar-refractivity contribution in [2.75, 3.05) is 6.61 Å². The van der Waals surface area contributed by atoms with Gasteiger partial charge in [-0.25, -0.2) is 4.98 Å². The van der Waals surface area contributed by atoms with Crippen molar-refractivity contribution in [3.8, 4) is 0 Å². The van der Waals surface area contributed by atoms with Gasteiger partial charge in [-0.05, 0) is 19.4 Å². The molecule has 1 aromatic heterocycles. The first-order valence-corrected chi connectivity index (χ1v) is 5.95. The minimum absolute atomic E-state index is 0.155. The summed E-state index contributed by atoms with van der Waals surface area (Å²) in [7, 11) is 0. The fraction of sp³-hybridized carbons (Fsp3) is 0.286. The van der Waals surface area contributed by atoms with E-state index >= 15 is 0 Å². The molecule has 18 heavy (non-hydrogen) atoms. The zero-order chi connectivity index (χ0) is 13.0. The van der Waals surface area contributed by atoms with Gasteiger partial charge in [-0.2, -0.15) is 0 Å². The standard InChI is InChI=1S/C14H16N2O2/c1-3-18-13(11-7-5-4-6-8-11)14-15-10(2)9-12(17)16-14/h4-9,13H,3H2,1-2H3,(H,15,16,17). The van der Waals surface area contributed by atoms with E-state index < -0.39 is 0 Å². The van der Waals surface area contributed by atoms with Crippen LogP contribution in [0.4, 0.5) is 0 Å². The SMILES string of the molecule is CCOC(c1ccccc1)c1nc(C)cc(=O)[nH]1. The van der Waals surface area contributed by atoms with Gasteiger partial charge in [-0.3, -0.25) is 4.79 Å². The summed E-state index contributed by atoms with van der Waals surface area (Å²) in [5, 5.41) is 0. The lowest BCUT2D eigenvalue weighted by Gasteiger charge is -2.16. The number of H-pyrrole nitrogens is 1. The maximum atomic E-state index is 11.5. The Morgan fingerprint density at radius 2 is 2.06 bits per heavy atom. The number of aryl methyl sites for hydroxylation is 1. The van der Waals surface area contributed by atoms with Gasteiger partial charge in [0.25, 0.3) is 5.56 Å². The second-order valence-electron chi connectivity index (χ2n) is 4.02. The third kappa shape index (κ3) is 2.84. The summed E-state index contributed by atoms with van der Waals surface area (Å²) in [6, 6.07) is 11.2. The molecule has 0 bridgehead atoms. The third-order valence-electron chi connectivity index (χ3n) is 2.57. The van der Waals surface area contributed by atoms with Gasteiger partial charge in [0.05, 0.1) is 0 Å². The molecule has 0 aliphatic heterocycles. The molecule has 94 valence electrons. The second-order valence-corrected chi connectivity index (χ2v) is 4.02. The molecule has 2 rings (SSSR count). The summed E-state index contributed by atoms with van der Waals surface area (Å²) in [6.45, 7) is 4.27. The number of aromatic nitrogens is 2. The van der Waals surface area contributed by atoms with Crippen LogP contribution in [-0.2, 0) is 4.74 Å². The number of benzene rings is 1. The summed E-state index contributed by atoms with van der Waals surface area (Å²) in [5.41, 5.74) is 1.51. The summed E-state index contributed by atoms with van der Waals surface area (Å²) in [5.74, 6) is 0.549. The number of ether oxygens (including phenoxy) is 1. The zero-order valence-corrected chi connectivity index (χ0v) is 10.5. The molecule has 0 fully saturated rings. The summed E-state index contributed by atoms with van der Waals surface area (Å²) in [6.07, 6.45) is -0.330. The van der Waals surface area contributed by atoms with Crippen LogP contribution in [0, 0.1) is 6.92 Å². The van der Waals surface area contributed by atoms with E-state index in [0.29, 0.717) is 18.1 Å². The summed E-state index contributed by atoms with van der Waals surface area (Å²) in [4.78, 5) is 18.6. The van der Waals surface area contributed by atoms with E-state index in [4.69, 9.17) is 4.74 Å². The smallest absolute Gasteiger partial charge is 0.251 e. The van der Waals surface area contributed by atoms with Crippen molar-refractivity contribution in [1.29, 1.82) is 0 Å². The molecule has 1 aromatic carbocycles. The molecule has 0 aliphatic carbocycles. The first kappa shape index (κ1) is 12.5. The minimum atomic E-state index is -0.330. The van der Waals surface area contributed by atoms with Crippen LogP contribution in [0.5, 0.6) is 0 Å². The lowest BCUT2D eigenvalue weighted by atomic mass is 10.1. The van der Waals surface area contributed by atoms with Crippen LogP contribution in [0.2, 0.25) is 0 Å². The van der Waals surface area contributed by atoms with E-state index in [1.54, 1.807) is 6.92 Å². The molecule has 0 saturated carbocycles. The van der Waals surface area contributed by atoms with Gasteiger partial charge in [0.1, 0.15) is 11.9 Å². The average Bonchev–Trinajstić information content (AvgIpc) is 2.36. The Kier molecular flexibility index (Phi) is 3.89. The van der Waals surface area contributed by atoms with Crippen LogP contribution in [0.3, 0.4) is 0 Å². The van der Waals surface area contributed by atoms with E-state index in [9.17, 15) is 4.79 Å². The van der Waals surface area contributed by atoms with E-state index in [1.807, 2.05) is 37.3 Å². The molecule has 1 heterocycles. The van der Waals surface area contributed by atoms with Crippen molar-refractivity contribution in [3.63, 3.8) is 0 Å². The fourth-order valence-corrected chi connectivity index (χ4v) is 1.85.